The first-order valence-electron chi connectivity index (χ1n) is 5.15. The van der Waals surface area contributed by atoms with E-state index in [4.69, 9.17) is 0 Å². The fourth-order valence-electron chi connectivity index (χ4n) is 2.12. The van der Waals surface area contributed by atoms with Crippen molar-refractivity contribution < 1.29 is 20.1 Å². The van der Waals surface area contributed by atoms with E-state index in [0.717, 1.165) is 0 Å². The first-order chi connectivity index (χ1) is 6.42. The van der Waals surface area contributed by atoms with Crippen LogP contribution in [0.4, 0.5) is 0 Å². The molecule has 0 N–H and O–H groups in total. The third-order valence-corrected chi connectivity index (χ3v) is 2.84. The van der Waals surface area contributed by atoms with Crippen LogP contribution in [0, 0.1) is 5.92 Å². The van der Waals surface area contributed by atoms with Crippen LogP contribution in [0.3, 0.4) is 0 Å². The smallest absolute Gasteiger partial charge is 0.0169 e. The van der Waals surface area contributed by atoms with Crippen molar-refractivity contribution in [3.05, 3.63) is 47.6 Å². The van der Waals surface area contributed by atoms with Crippen molar-refractivity contribution in [2.45, 2.75) is 26.2 Å². The Morgan fingerprint density at radius 3 is 2.64 bits per heavy atom. The van der Waals surface area contributed by atoms with Gasteiger partial charge in [-0.05, 0) is 24.8 Å². The van der Waals surface area contributed by atoms with Crippen LogP contribution in [0.5, 0.6) is 0 Å². The van der Waals surface area contributed by atoms with E-state index in [0.29, 0.717) is 5.92 Å². The summed E-state index contributed by atoms with van der Waals surface area (Å²) in [7, 11) is 0. The van der Waals surface area contributed by atoms with E-state index in [2.05, 4.69) is 43.4 Å². The molecule has 0 atom stereocenters. The molecule has 0 nitrogen and oxygen atoms in total. The Hall–Kier alpha value is -0.391. The first-order valence-corrected chi connectivity index (χ1v) is 5.15. The summed E-state index contributed by atoms with van der Waals surface area (Å²) in [5.74, 6) is 0.597. The molecule has 0 aliphatic heterocycles. The van der Waals surface area contributed by atoms with Gasteiger partial charge >= 0.3 is 0 Å². The molecule has 0 aromatic heterocycles. The van der Waals surface area contributed by atoms with Gasteiger partial charge in [-0.25, -0.2) is 0 Å². The SMILES string of the molecule is CCC1=C(C2C=CC=C2)CCC=C1.[Ir]. The molecule has 14 heavy (non-hydrogen) atoms. The Kier molecular flexibility index (Phi) is 4.57. The van der Waals surface area contributed by atoms with Gasteiger partial charge in [0.15, 0.2) is 0 Å². The van der Waals surface area contributed by atoms with Gasteiger partial charge in [0.25, 0.3) is 0 Å². The average molecular weight is 364 g/mol. The van der Waals surface area contributed by atoms with Crippen LogP contribution in [0.15, 0.2) is 47.6 Å². The van der Waals surface area contributed by atoms with Crippen molar-refractivity contribution in [1.29, 1.82) is 0 Å². The fourth-order valence-corrected chi connectivity index (χ4v) is 2.12. The zero-order chi connectivity index (χ0) is 9.10. The standard InChI is InChI=1S/C13H16.Ir/c1-2-11-7-5-6-10-13(11)12-8-3-4-9-12;/h3-5,7-9,12H,2,6,10H2,1H3;. The topological polar surface area (TPSA) is 0 Å². The minimum Gasteiger partial charge on any atom is -0.0839 e. The van der Waals surface area contributed by atoms with Gasteiger partial charge in [-0.2, -0.15) is 0 Å². The third kappa shape index (κ3) is 2.34. The second kappa shape index (κ2) is 5.48. The predicted octanol–water partition coefficient (Wildman–Crippen LogP) is 3.78. The number of hydrogen-bond donors (Lipinski definition) is 0. The van der Waals surface area contributed by atoms with Crippen LogP contribution >= 0.6 is 0 Å². The largest absolute Gasteiger partial charge is 0.0839 e. The maximum Gasteiger partial charge on any atom is 0.0169 e. The van der Waals surface area contributed by atoms with Gasteiger partial charge in [0.05, 0.1) is 0 Å². The van der Waals surface area contributed by atoms with Crippen molar-refractivity contribution in [3.8, 4) is 0 Å². The molecule has 0 aromatic carbocycles. The normalized spacial score (nSPS) is 20.4. The second-order valence-electron chi connectivity index (χ2n) is 3.64. The molecule has 0 fully saturated rings. The van der Waals surface area contributed by atoms with E-state index in [1.54, 1.807) is 11.1 Å². The fraction of sp³-hybridized carbons (Fsp3) is 0.385. The molecule has 1 heteroatoms. The van der Waals surface area contributed by atoms with Gasteiger partial charge < -0.3 is 0 Å². The first kappa shape index (κ1) is 11.7. The maximum atomic E-state index is 2.30. The molecule has 77 valence electrons. The summed E-state index contributed by atoms with van der Waals surface area (Å²) in [6, 6.07) is 0. The molecule has 2 rings (SSSR count). The van der Waals surface area contributed by atoms with Gasteiger partial charge in [-0.3, -0.25) is 0 Å². The second-order valence-corrected chi connectivity index (χ2v) is 3.64. The molecule has 0 saturated carbocycles. The Balaban J connectivity index is 0.000000980. The van der Waals surface area contributed by atoms with Crippen LogP contribution < -0.4 is 0 Å². The minimum atomic E-state index is 0. The van der Waals surface area contributed by atoms with E-state index in [1.807, 2.05) is 0 Å². The minimum absolute atomic E-state index is 0. The van der Waals surface area contributed by atoms with Crippen molar-refractivity contribution in [2.24, 2.45) is 5.92 Å². The zero-order valence-corrected chi connectivity index (χ0v) is 10.9. The molecule has 0 heterocycles. The molecule has 0 saturated heterocycles. The van der Waals surface area contributed by atoms with E-state index in [-0.39, 0.29) is 20.1 Å². The molecular formula is C13H16Ir. The molecule has 0 amide bonds. The zero-order valence-electron chi connectivity index (χ0n) is 8.50. The molecule has 0 bridgehead atoms. The monoisotopic (exact) mass is 365 g/mol. The van der Waals surface area contributed by atoms with Crippen LogP contribution in [0.1, 0.15) is 26.2 Å². The maximum absolute atomic E-state index is 2.30. The van der Waals surface area contributed by atoms with Gasteiger partial charge in [-0.1, -0.05) is 49.0 Å². The quantitative estimate of drug-likeness (QED) is 0.699. The average Bonchev–Trinajstić information content (AvgIpc) is 2.70. The van der Waals surface area contributed by atoms with Crippen LogP contribution in [0.25, 0.3) is 0 Å². The molecule has 0 spiro atoms. The third-order valence-electron chi connectivity index (χ3n) is 2.84. The van der Waals surface area contributed by atoms with Crippen molar-refractivity contribution in [2.75, 3.05) is 0 Å². The summed E-state index contributed by atoms with van der Waals surface area (Å²) in [5, 5.41) is 0. The summed E-state index contributed by atoms with van der Waals surface area (Å²) < 4.78 is 0. The van der Waals surface area contributed by atoms with Gasteiger partial charge in [0.2, 0.25) is 0 Å². The molecule has 0 aromatic rings. The number of hydrogen-bond acceptors (Lipinski definition) is 0. The summed E-state index contributed by atoms with van der Waals surface area (Å²) in [5.41, 5.74) is 3.18. The Labute approximate surface area is 99.8 Å². The summed E-state index contributed by atoms with van der Waals surface area (Å²) in [4.78, 5) is 0. The predicted molar refractivity (Wildman–Crippen MR) is 57.5 cm³/mol. The Morgan fingerprint density at radius 2 is 2.00 bits per heavy atom. The molecule has 0 unspecified atom stereocenters. The molecule has 1 radical (unpaired) electrons. The van der Waals surface area contributed by atoms with E-state index in [9.17, 15) is 0 Å². The Morgan fingerprint density at radius 1 is 1.29 bits per heavy atom. The van der Waals surface area contributed by atoms with Gasteiger partial charge in [0, 0.05) is 26.0 Å². The Bertz CT molecular complexity index is 293. The van der Waals surface area contributed by atoms with Crippen LogP contribution in [-0.2, 0) is 20.1 Å². The van der Waals surface area contributed by atoms with Crippen molar-refractivity contribution in [3.63, 3.8) is 0 Å². The molecular weight excluding hydrogens is 348 g/mol. The van der Waals surface area contributed by atoms with E-state index >= 15 is 0 Å². The molecule has 2 aliphatic rings. The van der Waals surface area contributed by atoms with Gasteiger partial charge in [0.1, 0.15) is 0 Å². The van der Waals surface area contributed by atoms with E-state index < -0.39 is 0 Å². The summed E-state index contributed by atoms with van der Waals surface area (Å²) in [6.45, 7) is 2.24. The van der Waals surface area contributed by atoms with Crippen molar-refractivity contribution >= 4 is 0 Å². The van der Waals surface area contributed by atoms with Crippen LogP contribution in [0.2, 0.25) is 0 Å². The molecule has 2 aliphatic carbocycles. The number of allylic oxidation sites excluding steroid dienone is 8. The van der Waals surface area contributed by atoms with Gasteiger partial charge in [-0.15, -0.1) is 0 Å². The van der Waals surface area contributed by atoms with Crippen molar-refractivity contribution in [1.82, 2.24) is 0 Å². The van der Waals surface area contributed by atoms with E-state index in [1.165, 1.54) is 19.3 Å². The van der Waals surface area contributed by atoms with Crippen LogP contribution in [-0.4, -0.2) is 0 Å². The summed E-state index contributed by atoms with van der Waals surface area (Å²) in [6.07, 6.45) is 17.1. The number of rotatable bonds is 2. The summed E-state index contributed by atoms with van der Waals surface area (Å²) >= 11 is 0.